The van der Waals surface area contributed by atoms with Gasteiger partial charge in [0.15, 0.2) is 10.7 Å². The lowest BCUT2D eigenvalue weighted by molar-refractivity contribution is 0.217. The van der Waals surface area contributed by atoms with Gasteiger partial charge in [0, 0.05) is 31.3 Å². The maximum Gasteiger partial charge on any atom is 0.178 e. The van der Waals surface area contributed by atoms with Crippen molar-refractivity contribution in [2.75, 3.05) is 24.6 Å². The van der Waals surface area contributed by atoms with Crippen molar-refractivity contribution in [2.45, 2.75) is 30.2 Å². The molecule has 0 aliphatic heterocycles. The van der Waals surface area contributed by atoms with E-state index in [1.165, 1.54) is 18.2 Å². The van der Waals surface area contributed by atoms with E-state index in [0.717, 1.165) is 29.7 Å². The minimum absolute atomic E-state index is 0.368. The van der Waals surface area contributed by atoms with Crippen LogP contribution in [0, 0.1) is 11.3 Å². The topological polar surface area (TPSA) is 108 Å². The quantitative estimate of drug-likeness (QED) is 0.386. The lowest BCUT2D eigenvalue weighted by Gasteiger charge is -2.27. The van der Waals surface area contributed by atoms with Crippen LogP contribution in [0.15, 0.2) is 35.7 Å². The molecule has 1 saturated carbocycles. The second kappa shape index (κ2) is 9.71. The van der Waals surface area contributed by atoms with Crippen LogP contribution in [0.5, 0.6) is 0 Å². The number of thioether (sulfide) groups is 1. The molecule has 1 atom stereocenters. The summed E-state index contributed by atoms with van der Waals surface area (Å²) >= 11 is 0.324. The summed E-state index contributed by atoms with van der Waals surface area (Å²) in [7, 11) is 1.59. The third kappa shape index (κ3) is 4.57. The van der Waals surface area contributed by atoms with Crippen LogP contribution in [0.4, 0.5) is 0 Å². The fourth-order valence-electron chi connectivity index (χ4n) is 3.30. The van der Waals surface area contributed by atoms with Gasteiger partial charge in [0.25, 0.3) is 0 Å². The van der Waals surface area contributed by atoms with E-state index in [4.69, 9.17) is 9.72 Å². The van der Waals surface area contributed by atoms with E-state index in [1.807, 2.05) is 12.1 Å². The molecule has 0 amide bonds. The van der Waals surface area contributed by atoms with Crippen LogP contribution in [0.3, 0.4) is 0 Å². The smallest absolute Gasteiger partial charge is 0.178 e. The van der Waals surface area contributed by atoms with Gasteiger partial charge in [0.2, 0.25) is 0 Å². The normalized spacial score (nSPS) is 15.0. The zero-order chi connectivity index (χ0) is 20.9. The Bertz CT molecular complexity index is 1080. The zero-order valence-corrected chi connectivity index (χ0v) is 18.2. The Morgan fingerprint density at radius 2 is 2.10 bits per heavy atom. The number of rotatable bonds is 8. The van der Waals surface area contributed by atoms with Crippen LogP contribution in [-0.2, 0) is 15.9 Å². The first-order valence-electron chi connectivity index (χ1n) is 9.68. The van der Waals surface area contributed by atoms with Gasteiger partial charge in [-0.25, -0.2) is 15.0 Å². The van der Waals surface area contributed by atoms with Gasteiger partial charge in [-0.2, -0.15) is 5.26 Å². The minimum Gasteiger partial charge on any atom is -0.616 e. The van der Waals surface area contributed by atoms with Crippen LogP contribution in [-0.4, -0.2) is 49.0 Å². The maximum absolute atomic E-state index is 12.2. The molecule has 0 spiro atoms. The number of fused-ring (bicyclic) bond motifs is 1. The van der Waals surface area contributed by atoms with Crippen LogP contribution in [0.1, 0.15) is 36.3 Å². The monoisotopic (exact) mass is 439 g/mol. The van der Waals surface area contributed by atoms with Gasteiger partial charge in [-0.3, -0.25) is 4.98 Å². The van der Waals surface area contributed by atoms with E-state index in [9.17, 15) is 9.81 Å². The molecular weight excluding hydrogens is 418 g/mol. The van der Waals surface area contributed by atoms with Crippen molar-refractivity contribution < 1.29 is 9.29 Å². The van der Waals surface area contributed by atoms with Crippen molar-refractivity contribution in [3.8, 4) is 17.3 Å². The number of aromatic nitrogens is 4. The highest BCUT2D eigenvalue weighted by Gasteiger charge is 2.26. The largest absolute Gasteiger partial charge is 0.616 e. The number of hydrogen-bond donors (Lipinski definition) is 0. The molecule has 0 saturated heterocycles. The summed E-state index contributed by atoms with van der Waals surface area (Å²) in [5.41, 5.74) is 4.49. The van der Waals surface area contributed by atoms with E-state index in [0.29, 0.717) is 45.1 Å². The Kier molecular flexibility index (Phi) is 6.79. The van der Waals surface area contributed by atoms with E-state index >= 15 is 0 Å². The van der Waals surface area contributed by atoms with Crippen molar-refractivity contribution >= 4 is 34.1 Å². The Hall–Kier alpha value is -2.25. The molecular formula is C21H21N5O2S2. The van der Waals surface area contributed by atoms with E-state index in [-0.39, 0.29) is 0 Å². The highest BCUT2D eigenvalue weighted by molar-refractivity contribution is 8.12. The summed E-state index contributed by atoms with van der Waals surface area (Å²) in [6.45, 7) is 0.447. The highest BCUT2D eigenvalue weighted by Crippen LogP contribution is 2.41. The number of nitriles is 1. The van der Waals surface area contributed by atoms with Crippen LogP contribution in [0.2, 0.25) is 0 Å². The first kappa shape index (κ1) is 21.0. The summed E-state index contributed by atoms with van der Waals surface area (Å²) in [5, 5.41) is 10.8. The average molecular weight is 440 g/mol. The predicted molar refractivity (Wildman–Crippen MR) is 117 cm³/mol. The van der Waals surface area contributed by atoms with Crippen LogP contribution in [0.25, 0.3) is 22.4 Å². The lowest BCUT2D eigenvalue weighted by atomic mass is 9.78. The van der Waals surface area contributed by atoms with E-state index in [2.05, 4.69) is 21.0 Å². The second-order valence-electron chi connectivity index (χ2n) is 7.04. The third-order valence-corrected chi connectivity index (χ3v) is 7.85. The minimum atomic E-state index is -1.05. The fourth-order valence-corrected chi connectivity index (χ4v) is 5.57. The number of methoxy groups -OCH3 is 1. The molecule has 30 heavy (non-hydrogen) atoms. The molecule has 1 aliphatic carbocycles. The molecule has 9 heteroatoms. The maximum atomic E-state index is 12.2. The van der Waals surface area contributed by atoms with Gasteiger partial charge < -0.3 is 9.29 Å². The van der Waals surface area contributed by atoms with Gasteiger partial charge >= 0.3 is 0 Å². The van der Waals surface area contributed by atoms with Gasteiger partial charge in [-0.05, 0) is 47.6 Å². The molecule has 7 nitrogen and oxygen atoms in total. The molecule has 0 aromatic carbocycles. The summed E-state index contributed by atoms with van der Waals surface area (Å²) < 4.78 is 17.2. The molecule has 0 radical (unpaired) electrons. The molecule has 0 bridgehead atoms. The standard InChI is InChI=1S/C21H21N5O2S2/c1-28-7-8-30(27)13-29-21-17(11-22)16(14-3-2-4-14)10-18(26-21)15-9-19-20(25-12-15)24-6-5-23-19/h5-6,9-10,12,14H,2-4,7-8,13H2,1H3. The SMILES string of the molecule is COCC[S+]([O-])CSc1nc(-c2cnc3nccnc3c2)cc(C2CCC2)c1C#N. The molecule has 3 heterocycles. The molecule has 1 aliphatic rings. The second-order valence-corrected chi connectivity index (χ2v) is 9.94. The average Bonchev–Trinajstić information content (AvgIpc) is 2.74. The van der Waals surface area contributed by atoms with E-state index in [1.54, 1.807) is 25.7 Å². The molecule has 154 valence electrons. The van der Waals surface area contributed by atoms with Gasteiger partial charge in [-0.15, -0.1) is 0 Å². The number of ether oxygens (including phenoxy) is 1. The van der Waals surface area contributed by atoms with Crippen LogP contribution >= 0.6 is 11.8 Å². The molecule has 3 aromatic heterocycles. The van der Waals surface area contributed by atoms with Crippen molar-refractivity contribution in [1.29, 1.82) is 5.26 Å². The van der Waals surface area contributed by atoms with Crippen molar-refractivity contribution in [3.63, 3.8) is 0 Å². The Morgan fingerprint density at radius 1 is 1.27 bits per heavy atom. The molecule has 3 aromatic rings. The first-order valence-corrected chi connectivity index (χ1v) is 12.2. The molecule has 0 N–H and O–H groups in total. The molecule has 1 unspecified atom stereocenters. The predicted octanol–water partition coefficient (Wildman–Crippen LogP) is 3.67. The highest BCUT2D eigenvalue weighted by atomic mass is 32.3. The summed E-state index contributed by atoms with van der Waals surface area (Å²) in [4.78, 5) is 17.7. The van der Waals surface area contributed by atoms with Crippen molar-refractivity contribution in [1.82, 2.24) is 19.9 Å². The van der Waals surface area contributed by atoms with E-state index < -0.39 is 11.2 Å². The molecule has 4 rings (SSSR count). The van der Waals surface area contributed by atoms with Crippen LogP contribution < -0.4 is 0 Å². The van der Waals surface area contributed by atoms with Gasteiger partial charge in [0.05, 0.1) is 17.9 Å². The number of hydrogen-bond acceptors (Lipinski definition) is 8. The number of pyridine rings is 2. The van der Waals surface area contributed by atoms with Crippen molar-refractivity contribution in [3.05, 3.63) is 41.9 Å². The van der Waals surface area contributed by atoms with Crippen molar-refractivity contribution in [2.24, 2.45) is 0 Å². The summed E-state index contributed by atoms with van der Waals surface area (Å²) in [6, 6.07) is 6.27. The first-order chi connectivity index (χ1) is 14.7. The third-order valence-electron chi connectivity index (χ3n) is 5.14. The molecule has 1 fully saturated rings. The lowest BCUT2D eigenvalue weighted by Crippen LogP contribution is -2.14. The summed E-state index contributed by atoms with van der Waals surface area (Å²) in [6.07, 6.45) is 8.30. The fraction of sp³-hybridized carbons (Fsp3) is 0.381. The zero-order valence-electron chi connectivity index (χ0n) is 16.6. The Morgan fingerprint density at radius 3 is 2.83 bits per heavy atom. The Labute approximate surface area is 182 Å². The summed E-state index contributed by atoms with van der Waals surface area (Å²) in [5.74, 6) is 0.835. The Balaban J connectivity index is 1.71. The van der Waals surface area contributed by atoms with Gasteiger partial charge in [-0.1, -0.05) is 18.2 Å². The number of nitrogens with zero attached hydrogens (tertiary/aromatic N) is 5. The van der Waals surface area contributed by atoms with Gasteiger partial charge in [0.1, 0.15) is 22.4 Å².